The first-order valence-electron chi connectivity index (χ1n) is 14.9. The lowest BCUT2D eigenvalue weighted by Gasteiger charge is -2.26. The molecule has 0 aliphatic heterocycles. The highest BCUT2D eigenvalue weighted by atomic mass is 16.5. The molecule has 1 aliphatic rings. The van der Waals surface area contributed by atoms with Gasteiger partial charge in [-0.2, -0.15) is 0 Å². The van der Waals surface area contributed by atoms with Gasteiger partial charge in [0.05, 0.1) is 25.0 Å². The van der Waals surface area contributed by atoms with E-state index in [9.17, 15) is 9.59 Å². The van der Waals surface area contributed by atoms with Crippen LogP contribution in [0.1, 0.15) is 149 Å². The van der Waals surface area contributed by atoms with Crippen LogP contribution in [0.5, 0.6) is 0 Å². The van der Waals surface area contributed by atoms with E-state index < -0.39 is 0 Å². The fraction of sp³-hybridized carbons (Fsp3) is 0.933. The normalized spacial score (nSPS) is 18.2. The van der Waals surface area contributed by atoms with E-state index in [1.807, 2.05) is 0 Å². The van der Waals surface area contributed by atoms with Gasteiger partial charge in [0.1, 0.15) is 0 Å². The van der Waals surface area contributed by atoms with Gasteiger partial charge >= 0.3 is 11.9 Å². The van der Waals surface area contributed by atoms with E-state index in [1.165, 1.54) is 77.0 Å². The van der Waals surface area contributed by atoms with Gasteiger partial charge in [0, 0.05) is 0 Å². The lowest BCUT2D eigenvalue weighted by Crippen LogP contribution is -2.28. The molecule has 0 unspecified atom stereocenters. The molecule has 200 valence electrons. The molecule has 1 aliphatic carbocycles. The van der Waals surface area contributed by atoms with E-state index in [2.05, 4.69) is 20.8 Å². The molecule has 0 bridgehead atoms. The zero-order valence-corrected chi connectivity index (χ0v) is 22.9. The predicted molar refractivity (Wildman–Crippen MR) is 142 cm³/mol. The molecule has 0 aromatic heterocycles. The summed E-state index contributed by atoms with van der Waals surface area (Å²) < 4.78 is 11.0. The van der Waals surface area contributed by atoms with E-state index in [-0.39, 0.29) is 23.8 Å². The summed E-state index contributed by atoms with van der Waals surface area (Å²) in [7, 11) is 0. The summed E-state index contributed by atoms with van der Waals surface area (Å²) in [4.78, 5) is 24.7. The zero-order chi connectivity index (χ0) is 24.9. The van der Waals surface area contributed by atoms with E-state index in [0.717, 1.165) is 57.3 Å². The molecule has 0 saturated heterocycles. The molecule has 34 heavy (non-hydrogen) atoms. The van der Waals surface area contributed by atoms with Crippen molar-refractivity contribution in [3.05, 3.63) is 0 Å². The molecule has 1 saturated carbocycles. The highest BCUT2D eigenvalue weighted by Gasteiger charge is 2.31. The van der Waals surface area contributed by atoms with Crippen LogP contribution < -0.4 is 0 Å². The molecule has 4 nitrogen and oxygen atoms in total. The lowest BCUT2D eigenvalue weighted by atomic mass is 9.82. The van der Waals surface area contributed by atoms with E-state index >= 15 is 0 Å². The topological polar surface area (TPSA) is 52.6 Å². The Morgan fingerprint density at radius 1 is 0.588 bits per heavy atom. The van der Waals surface area contributed by atoms with Crippen molar-refractivity contribution in [2.45, 2.75) is 149 Å². The van der Waals surface area contributed by atoms with Crippen molar-refractivity contribution < 1.29 is 19.1 Å². The second kappa shape index (κ2) is 21.2. The minimum Gasteiger partial charge on any atom is -0.465 e. The zero-order valence-electron chi connectivity index (χ0n) is 22.9. The molecule has 0 aromatic rings. The smallest absolute Gasteiger partial charge is 0.308 e. The Morgan fingerprint density at radius 3 is 1.32 bits per heavy atom. The van der Waals surface area contributed by atoms with Crippen molar-refractivity contribution in [1.82, 2.24) is 0 Å². The summed E-state index contributed by atoms with van der Waals surface area (Å²) >= 11 is 0. The van der Waals surface area contributed by atoms with Crippen molar-refractivity contribution >= 4 is 11.9 Å². The summed E-state index contributed by atoms with van der Waals surface area (Å²) in [6.45, 7) is 7.91. The Labute approximate surface area is 211 Å². The van der Waals surface area contributed by atoms with Crippen LogP contribution in [0.4, 0.5) is 0 Å². The largest absolute Gasteiger partial charge is 0.465 e. The maximum absolute atomic E-state index is 12.3. The van der Waals surface area contributed by atoms with Gasteiger partial charge in [0.15, 0.2) is 0 Å². The first kappa shape index (κ1) is 31.0. The summed E-state index contributed by atoms with van der Waals surface area (Å²) in [5.41, 5.74) is 0. The average Bonchev–Trinajstić information content (AvgIpc) is 2.83. The first-order chi connectivity index (χ1) is 16.5. The third-order valence-corrected chi connectivity index (χ3v) is 7.31. The fourth-order valence-corrected chi connectivity index (χ4v) is 4.92. The number of esters is 2. The molecule has 0 spiro atoms. The Bertz CT molecular complexity index is 494. The van der Waals surface area contributed by atoms with Gasteiger partial charge in [0.2, 0.25) is 0 Å². The summed E-state index contributed by atoms with van der Waals surface area (Å²) in [5, 5.41) is 0. The molecule has 1 fully saturated rings. The molecule has 0 radical (unpaired) electrons. The minimum absolute atomic E-state index is 0.0293. The quantitative estimate of drug-likeness (QED) is 0.122. The van der Waals surface area contributed by atoms with Crippen LogP contribution in [0.15, 0.2) is 0 Å². The molecule has 0 aromatic carbocycles. The molecular weight excluding hydrogens is 424 g/mol. The first-order valence-corrected chi connectivity index (χ1v) is 14.9. The molecular formula is C30H56O4. The molecule has 0 atom stereocenters. The Hall–Kier alpha value is -1.06. The fourth-order valence-electron chi connectivity index (χ4n) is 4.92. The molecule has 4 heteroatoms. The molecule has 0 N–H and O–H groups in total. The maximum atomic E-state index is 12.3. The number of hydrogen-bond donors (Lipinski definition) is 0. The van der Waals surface area contributed by atoms with Gasteiger partial charge in [-0.05, 0) is 44.4 Å². The minimum atomic E-state index is -0.0570. The third kappa shape index (κ3) is 16.5. The van der Waals surface area contributed by atoms with Crippen LogP contribution in [0.25, 0.3) is 0 Å². The number of unbranched alkanes of at least 4 members (excludes halogenated alkanes) is 13. The van der Waals surface area contributed by atoms with Crippen molar-refractivity contribution in [1.29, 1.82) is 0 Å². The maximum Gasteiger partial charge on any atom is 0.308 e. The lowest BCUT2D eigenvalue weighted by molar-refractivity contribution is -0.155. The number of hydrogen-bond acceptors (Lipinski definition) is 4. The van der Waals surface area contributed by atoms with Crippen LogP contribution in [0, 0.1) is 17.8 Å². The number of ether oxygens (including phenoxy) is 2. The molecule has 0 heterocycles. The summed E-state index contributed by atoms with van der Waals surface area (Å²) in [6.07, 6.45) is 23.1. The SMILES string of the molecule is CCCCCCCCCCCOC(=O)C1CCC(C(=O)OCCCCCCCCC(C)C)CC1. The summed E-state index contributed by atoms with van der Waals surface area (Å²) in [6, 6.07) is 0. The Kier molecular flexibility index (Phi) is 19.3. The van der Waals surface area contributed by atoms with Crippen LogP contribution in [0.2, 0.25) is 0 Å². The van der Waals surface area contributed by atoms with Gasteiger partial charge in [-0.15, -0.1) is 0 Å². The standard InChI is InChI=1S/C30H56O4/c1-4-5-6-7-8-9-11-14-17-24-33-29(31)27-20-22-28(23-21-27)30(32)34-25-18-15-12-10-13-16-19-26(2)3/h26-28H,4-25H2,1-3H3. The second-order valence-corrected chi connectivity index (χ2v) is 11.0. The van der Waals surface area contributed by atoms with Gasteiger partial charge in [0.25, 0.3) is 0 Å². The number of carbonyl (C=O) groups excluding carboxylic acids is 2. The average molecular weight is 481 g/mol. The van der Waals surface area contributed by atoms with Crippen LogP contribution >= 0.6 is 0 Å². The number of carbonyl (C=O) groups is 2. The summed E-state index contributed by atoms with van der Waals surface area (Å²) in [5.74, 6) is 0.638. The Balaban J connectivity index is 1.96. The van der Waals surface area contributed by atoms with Crippen LogP contribution in [-0.2, 0) is 19.1 Å². The van der Waals surface area contributed by atoms with Crippen molar-refractivity contribution in [2.75, 3.05) is 13.2 Å². The monoisotopic (exact) mass is 480 g/mol. The second-order valence-electron chi connectivity index (χ2n) is 11.0. The van der Waals surface area contributed by atoms with Gasteiger partial charge in [-0.25, -0.2) is 0 Å². The van der Waals surface area contributed by atoms with Gasteiger partial charge in [-0.3, -0.25) is 9.59 Å². The molecule has 1 rings (SSSR count). The van der Waals surface area contributed by atoms with Gasteiger partial charge in [-0.1, -0.05) is 111 Å². The van der Waals surface area contributed by atoms with Crippen LogP contribution in [0.3, 0.4) is 0 Å². The van der Waals surface area contributed by atoms with Crippen molar-refractivity contribution in [3.8, 4) is 0 Å². The predicted octanol–water partition coefficient (Wildman–Crippen LogP) is 8.80. The Morgan fingerprint density at radius 2 is 0.941 bits per heavy atom. The van der Waals surface area contributed by atoms with Crippen molar-refractivity contribution in [2.24, 2.45) is 17.8 Å². The third-order valence-electron chi connectivity index (χ3n) is 7.31. The number of rotatable bonds is 21. The highest BCUT2D eigenvalue weighted by molar-refractivity contribution is 5.75. The van der Waals surface area contributed by atoms with E-state index in [0.29, 0.717) is 13.2 Å². The molecule has 0 amide bonds. The van der Waals surface area contributed by atoms with E-state index in [1.54, 1.807) is 0 Å². The highest BCUT2D eigenvalue weighted by Crippen LogP contribution is 2.30. The van der Waals surface area contributed by atoms with Gasteiger partial charge < -0.3 is 9.47 Å². The van der Waals surface area contributed by atoms with E-state index in [4.69, 9.17) is 9.47 Å². The van der Waals surface area contributed by atoms with Crippen LogP contribution in [-0.4, -0.2) is 25.2 Å². The van der Waals surface area contributed by atoms with Crippen molar-refractivity contribution in [3.63, 3.8) is 0 Å².